The maximum atomic E-state index is 12.5. The highest BCUT2D eigenvalue weighted by molar-refractivity contribution is 6.27. The number of ketones is 1. The number of amides is 1. The van der Waals surface area contributed by atoms with Crippen molar-refractivity contribution in [2.75, 3.05) is 0 Å². The summed E-state index contributed by atoms with van der Waals surface area (Å²) in [4.78, 5) is 36.7. The summed E-state index contributed by atoms with van der Waals surface area (Å²) in [6.45, 7) is 12.7. The van der Waals surface area contributed by atoms with Crippen LogP contribution in [0.5, 0.6) is 0 Å². The summed E-state index contributed by atoms with van der Waals surface area (Å²) >= 11 is 0. The average Bonchev–Trinajstić information content (AvgIpc) is 2.74. The second kappa shape index (κ2) is 6.67. The van der Waals surface area contributed by atoms with Gasteiger partial charge in [0.25, 0.3) is 0 Å². The minimum atomic E-state index is -0.984. The van der Waals surface area contributed by atoms with Crippen LogP contribution in [-0.2, 0) is 19.1 Å². The Hall–Kier alpha value is -2.69. The van der Waals surface area contributed by atoms with Crippen molar-refractivity contribution in [2.24, 2.45) is 11.7 Å². The van der Waals surface area contributed by atoms with Gasteiger partial charge in [-0.05, 0) is 38.3 Å². The first kappa shape index (κ1) is 18.6. The molecule has 0 spiro atoms. The topological polar surface area (TPSA) is 86.5 Å². The van der Waals surface area contributed by atoms with E-state index in [-0.39, 0.29) is 17.8 Å². The summed E-state index contributed by atoms with van der Waals surface area (Å²) in [7, 11) is 0. The van der Waals surface area contributed by atoms with Crippen molar-refractivity contribution in [3.63, 3.8) is 0 Å². The smallest absolute Gasteiger partial charge is 0.334 e. The maximum Gasteiger partial charge on any atom is 0.334 e. The van der Waals surface area contributed by atoms with E-state index in [1.165, 1.54) is 0 Å². The molecule has 0 fully saturated rings. The van der Waals surface area contributed by atoms with E-state index in [0.29, 0.717) is 5.57 Å². The van der Waals surface area contributed by atoms with Gasteiger partial charge in [-0.2, -0.15) is 0 Å². The van der Waals surface area contributed by atoms with Crippen LogP contribution in [0.1, 0.15) is 44.2 Å². The predicted molar refractivity (Wildman–Crippen MR) is 95.5 cm³/mol. The van der Waals surface area contributed by atoms with Gasteiger partial charge in [-0.25, -0.2) is 4.79 Å². The second-order valence-corrected chi connectivity index (χ2v) is 7.20. The quantitative estimate of drug-likeness (QED) is 0.659. The van der Waals surface area contributed by atoms with Gasteiger partial charge < -0.3 is 10.5 Å². The van der Waals surface area contributed by atoms with Crippen LogP contribution in [0.25, 0.3) is 5.57 Å². The molecule has 5 nitrogen and oxygen atoms in total. The summed E-state index contributed by atoms with van der Waals surface area (Å²) < 4.78 is 5.26. The maximum absolute atomic E-state index is 12.5. The van der Waals surface area contributed by atoms with E-state index in [4.69, 9.17) is 10.5 Å². The van der Waals surface area contributed by atoms with Crippen molar-refractivity contribution in [1.82, 2.24) is 0 Å². The molecule has 1 amide bonds. The summed E-state index contributed by atoms with van der Waals surface area (Å²) in [5.41, 5.74) is 6.69. The Kier molecular flexibility index (Phi) is 4.97. The zero-order valence-electron chi connectivity index (χ0n) is 14.8. The SMILES string of the molecule is C=C1C(=O)[C@H](C[C@H](C(=C)C(=O)OC(C)(C)C)C(N)=O)c2ccccc21. The van der Waals surface area contributed by atoms with Gasteiger partial charge in [-0.3, -0.25) is 9.59 Å². The Morgan fingerprint density at radius 2 is 1.88 bits per heavy atom. The minimum Gasteiger partial charge on any atom is -0.457 e. The lowest BCUT2D eigenvalue weighted by Crippen LogP contribution is -2.33. The number of ether oxygens (including phenoxy) is 1. The third-order valence-corrected chi connectivity index (χ3v) is 4.17. The largest absolute Gasteiger partial charge is 0.457 e. The number of carbonyl (C=O) groups is 3. The molecular weight excluding hydrogens is 318 g/mol. The van der Waals surface area contributed by atoms with Crippen molar-refractivity contribution in [1.29, 1.82) is 0 Å². The number of rotatable bonds is 5. The van der Waals surface area contributed by atoms with Crippen LogP contribution in [0.4, 0.5) is 0 Å². The Morgan fingerprint density at radius 1 is 1.28 bits per heavy atom. The van der Waals surface area contributed by atoms with Crippen LogP contribution >= 0.6 is 0 Å². The number of esters is 1. The molecule has 0 saturated heterocycles. The van der Waals surface area contributed by atoms with Gasteiger partial charge in [0, 0.05) is 17.1 Å². The number of hydrogen-bond acceptors (Lipinski definition) is 4. The van der Waals surface area contributed by atoms with Gasteiger partial charge in [0.2, 0.25) is 5.91 Å². The predicted octanol–water partition coefficient (Wildman–Crippen LogP) is 2.76. The van der Waals surface area contributed by atoms with Gasteiger partial charge in [0.15, 0.2) is 5.78 Å². The van der Waals surface area contributed by atoms with Gasteiger partial charge in [0.05, 0.1) is 5.92 Å². The summed E-state index contributed by atoms with van der Waals surface area (Å²) in [5, 5.41) is 0. The Balaban J connectivity index is 2.27. The molecule has 1 aromatic rings. The highest BCUT2D eigenvalue weighted by atomic mass is 16.6. The number of benzene rings is 1. The summed E-state index contributed by atoms with van der Waals surface area (Å²) in [5.74, 6) is -3.11. The number of Topliss-reactive ketones (excluding diaryl/α,β-unsaturated/α-hetero) is 1. The molecule has 0 radical (unpaired) electrons. The van der Waals surface area contributed by atoms with Gasteiger partial charge in [-0.1, -0.05) is 37.4 Å². The third kappa shape index (κ3) is 3.87. The molecule has 25 heavy (non-hydrogen) atoms. The van der Waals surface area contributed by atoms with Crippen LogP contribution in [0.15, 0.2) is 43.0 Å². The molecule has 0 saturated carbocycles. The van der Waals surface area contributed by atoms with E-state index in [0.717, 1.165) is 11.1 Å². The first-order chi connectivity index (χ1) is 11.5. The fraction of sp³-hybridized carbons (Fsp3) is 0.350. The number of nitrogens with two attached hydrogens (primary N) is 1. The van der Waals surface area contributed by atoms with Crippen molar-refractivity contribution < 1.29 is 19.1 Å². The Morgan fingerprint density at radius 3 is 2.44 bits per heavy atom. The van der Waals surface area contributed by atoms with E-state index in [9.17, 15) is 14.4 Å². The van der Waals surface area contributed by atoms with Crippen LogP contribution in [0.2, 0.25) is 0 Å². The lowest BCUT2D eigenvalue weighted by molar-refractivity contribution is -0.151. The number of allylic oxidation sites excluding steroid dienone is 1. The van der Waals surface area contributed by atoms with Gasteiger partial charge in [-0.15, -0.1) is 0 Å². The molecule has 0 aromatic heterocycles. The van der Waals surface area contributed by atoms with Crippen LogP contribution in [0, 0.1) is 5.92 Å². The molecule has 1 aromatic carbocycles. The molecule has 5 heteroatoms. The van der Waals surface area contributed by atoms with E-state index in [1.54, 1.807) is 20.8 Å². The average molecular weight is 341 g/mol. The van der Waals surface area contributed by atoms with Gasteiger partial charge >= 0.3 is 5.97 Å². The molecule has 0 unspecified atom stereocenters. The second-order valence-electron chi connectivity index (χ2n) is 7.20. The molecule has 132 valence electrons. The first-order valence-electron chi connectivity index (χ1n) is 8.06. The van der Waals surface area contributed by atoms with E-state index in [2.05, 4.69) is 13.2 Å². The fourth-order valence-electron chi connectivity index (χ4n) is 2.95. The monoisotopic (exact) mass is 341 g/mol. The zero-order chi connectivity index (χ0) is 18.9. The lowest BCUT2D eigenvalue weighted by atomic mass is 9.85. The number of hydrogen-bond donors (Lipinski definition) is 1. The van der Waals surface area contributed by atoms with Crippen molar-refractivity contribution >= 4 is 23.2 Å². The highest BCUT2D eigenvalue weighted by Crippen LogP contribution is 2.41. The van der Waals surface area contributed by atoms with Crippen molar-refractivity contribution in [3.8, 4) is 0 Å². The number of fused-ring (bicyclic) bond motifs is 1. The normalized spacial score (nSPS) is 17.8. The molecule has 2 rings (SSSR count). The Labute approximate surface area is 147 Å². The minimum absolute atomic E-state index is 0.0368. The summed E-state index contributed by atoms with van der Waals surface area (Å²) in [6, 6.07) is 7.28. The summed E-state index contributed by atoms with van der Waals surface area (Å²) in [6.07, 6.45) is 0.0717. The number of primary amides is 1. The zero-order valence-corrected chi connectivity index (χ0v) is 14.8. The van der Waals surface area contributed by atoms with E-state index in [1.807, 2.05) is 24.3 Å². The first-order valence-corrected chi connectivity index (χ1v) is 8.06. The number of carbonyl (C=O) groups excluding carboxylic acids is 3. The van der Waals surface area contributed by atoms with Crippen molar-refractivity contribution in [3.05, 3.63) is 54.1 Å². The molecule has 1 aliphatic carbocycles. The molecule has 0 bridgehead atoms. The molecule has 0 heterocycles. The highest BCUT2D eigenvalue weighted by Gasteiger charge is 2.38. The van der Waals surface area contributed by atoms with E-state index < -0.39 is 29.3 Å². The van der Waals surface area contributed by atoms with Crippen LogP contribution in [0.3, 0.4) is 0 Å². The molecule has 2 N–H and O–H groups in total. The lowest BCUT2D eigenvalue weighted by Gasteiger charge is -2.24. The van der Waals surface area contributed by atoms with E-state index >= 15 is 0 Å². The molecular formula is C20H23NO4. The standard InChI is InChI=1S/C20H23NO4/c1-11-13-8-6-7-9-14(13)16(17(11)22)10-15(18(21)23)12(2)19(24)25-20(3,4)5/h6-9,15-16H,1-2,10H2,3-5H3,(H2,21,23)/t15-,16-/m1/s1. The Bertz CT molecular complexity index is 770. The van der Waals surface area contributed by atoms with Crippen LogP contribution in [-0.4, -0.2) is 23.3 Å². The van der Waals surface area contributed by atoms with Gasteiger partial charge in [0.1, 0.15) is 5.60 Å². The molecule has 1 aliphatic rings. The molecule has 2 atom stereocenters. The molecule has 0 aliphatic heterocycles. The fourth-order valence-corrected chi connectivity index (χ4v) is 2.95. The van der Waals surface area contributed by atoms with Crippen molar-refractivity contribution in [2.45, 2.75) is 38.7 Å². The third-order valence-electron chi connectivity index (χ3n) is 4.17. The van der Waals surface area contributed by atoms with Crippen LogP contribution < -0.4 is 5.73 Å².